The average molecular weight is 247 g/mol. The average Bonchev–Trinajstić information content (AvgIpc) is 2.86. The Morgan fingerprint density at radius 1 is 1.39 bits per heavy atom. The molecule has 2 rings (SSSR count). The topological polar surface area (TPSA) is 47.7 Å². The van der Waals surface area contributed by atoms with Crippen LogP contribution in [0.5, 0.6) is 0 Å². The van der Waals surface area contributed by atoms with E-state index in [1.54, 1.807) is 0 Å². The molecule has 2 aromatic heterocycles. The molecule has 0 aromatic carbocycles. The zero-order valence-electron chi connectivity index (χ0n) is 11.5. The lowest BCUT2D eigenvalue weighted by molar-refractivity contribution is 0.527. The summed E-state index contributed by atoms with van der Waals surface area (Å²) < 4.78 is 4.04. The second-order valence-corrected chi connectivity index (χ2v) is 4.93. The van der Waals surface area contributed by atoms with Crippen LogP contribution in [0.25, 0.3) is 0 Å². The highest BCUT2D eigenvalue weighted by atomic mass is 15.3. The number of nitrogens with zero attached hydrogens (tertiary/aromatic N) is 4. The van der Waals surface area contributed by atoms with E-state index in [1.807, 2.05) is 23.9 Å². The second-order valence-electron chi connectivity index (χ2n) is 4.93. The van der Waals surface area contributed by atoms with Crippen molar-refractivity contribution in [3.63, 3.8) is 0 Å². The van der Waals surface area contributed by atoms with Crippen molar-refractivity contribution in [1.29, 1.82) is 0 Å². The van der Waals surface area contributed by atoms with Crippen LogP contribution < -0.4 is 5.32 Å². The number of nitrogens with one attached hydrogen (secondary N) is 1. The number of aryl methyl sites for hydroxylation is 2. The predicted molar refractivity (Wildman–Crippen MR) is 73.0 cm³/mol. The van der Waals surface area contributed by atoms with Gasteiger partial charge in [0, 0.05) is 31.5 Å². The highest BCUT2D eigenvalue weighted by Crippen LogP contribution is 2.16. The summed E-state index contributed by atoms with van der Waals surface area (Å²) in [5.41, 5.74) is 1.02. The smallest absolute Gasteiger partial charge is 0.208 e. The SMILES string of the molecule is CCn1ccc(Nc2nc(C)cn2CC(C)C)n1. The van der Waals surface area contributed by atoms with Crippen molar-refractivity contribution in [1.82, 2.24) is 19.3 Å². The number of hydrogen-bond donors (Lipinski definition) is 1. The number of hydrogen-bond acceptors (Lipinski definition) is 3. The molecule has 5 heteroatoms. The number of imidazole rings is 1. The Morgan fingerprint density at radius 2 is 2.17 bits per heavy atom. The normalized spacial score (nSPS) is 11.2. The van der Waals surface area contributed by atoms with Crippen LogP contribution in [-0.2, 0) is 13.1 Å². The molecule has 0 saturated heterocycles. The molecule has 0 fully saturated rings. The first-order valence-electron chi connectivity index (χ1n) is 6.42. The fourth-order valence-corrected chi connectivity index (χ4v) is 1.90. The van der Waals surface area contributed by atoms with E-state index >= 15 is 0 Å². The molecule has 0 radical (unpaired) electrons. The summed E-state index contributed by atoms with van der Waals surface area (Å²) in [6.07, 6.45) is 4.03. The minimum atomic E-state index is 0.590. The van der Waals surface area contributed by atoms with Crippen molar-refractivity contribution in [3.8, 4) is 0 Å². The van der Waals surface area contributed by atoms with Gasteiger partial charge in [0.15, 0.2) is 5.82 Å². The molecule has 0 aliphatic rings. The lowest BCUT2D eigenvalue weighted by Crippen LogP contribution is -2.08. The Balaban J connectivity index is 2.17. The number of anilines is 2. The lowest BCUT2D eigenvalue weighted by Gasteiger charge is -2.10. The maximum Gasteiger partial charge on any atom is 0.208 e. The third kappa shape index (κ3) is 2.91. The van der Waals surface area contributed by atoms with Gasteiger partial charge in [-0.2, -0.15) is 5.10 Å². The van der Waals surface area contributed by atoms with E-state index < -0.39 is 0 Å². The Bertz CT molecular complexity index is 509. The fraction of sp³-hybridized carbons (Fsp3) is 0.538. The molecule has 0 saturated carbocycles. The molecule has 1 N–H and O–H groups in total. The summed E-state index contributed by atoms with van der Waals surface area (Å²) in [7, 11) is 0. The quantitative estimate of drug-likeness (QED) is 0.883. The van der Waals surface area contributed by atoms with Gasteiger partial charge in [0.2, 0.25) is 5.95 Å². The number of aromatic nitrogens is 4. The van der Waals surface area contributed by atoms with Gasteiger partial charge in [0.1, 0.15) is 0 Å². The van der Waals surface area contributed by atoms with Crippen molar-refractivity contribution >= 4 is 11.8 Å². The maximum absolute atomic E-state index is 4.50. The third-order valence-electron chi connectivity index (χ3n) is 2.66. The first kappa shape index (κ1) is 12.7. The molecule has 0 aliphatic carbocycles. The van der Waals surface area contributed by atoms with Crippen molar-refractivity contribution < 1.29 is 0 Å². The van der Waals surface area contributed by atoms with E-state index in [1.165, 1.54) is 0 Å². The van der Waals surface area contributed by atoms with Gasteiger partial charge in [-0.3, -0.25) is 4.68 Å². The van der Waals surface area contributed by atoms with Gasteiger partial charge in [-0.15, -0.1) is 0 Å². The second kappa shape index (κ2) is 5.25. The summed E-state index contributed by atoms with van der Waals surface area (Å²) >= 11 is 0. The van der Waals surface area contributed by atoms with Gasteiger partial charge in [0.05, 0.1) is 5.69 Å². The molecule has 5 nitrogen and oxygen atoms in total. The first-order chi connectivity index (χ1) is 8.58. The Labute approximate surface area is 108 Å². The van der Waals surface area contributed by atoms with Crippen LogP contribution >= 0.6 is 0 Å². The Morgan fingerprint density at radius 3 is 2.78 bits per heavy atom. The van der Waals surface area contributed by atoms with Crippen LogP contribution in [0.15, 0.2) is 18.5 Å². The van der Waals surface area contributed by atoms with Crippen molar-refractivity contribution in [3.05, 3.63) is 24.2 Å². The summed E-state index contributed by atoms with van der Waals surface area (Å²) in [5.74, 6) is 2.29. The molecule has 18 heavy (non-hydrogen) atoms. The van der Waals surface area contributed by atoms with Gasteiger partial charge in [0.25, 0.3) is 0 Å². The predicted octanol–water partition coefficient (Wildman–Crippen LogP) is 2.81. The van der Waals surface area contributed by atoms with E-state index in [0.29, 0.717) is 5.92 Å². The van der Waals surface area contributed by atoms with E-state index in [2.05, 4.69) is 46.9 Å². The molecule has 0 bridgehead atoms. The van der Waals surface area contributed by atoms with Crippen LogP contribution in [0, 0.1) is 12.8 Å². The van der Waals surface area contributed by atoms with Crippen molar-refractivity contribution in [2.75, 3.05) is 5.32 Å². The van der Waals surface area contributed by atoms with E-state index in [0.717, 1.165) is 30.5 Å². The molecule has 0 atom stereocenters. The minimum absolute atomic E-state index is 0.590. The molecule has 0 aliphatic heterocycles. The van der Waals surface area contributed by atoms with Crippen LogP contribution in [-0.4, -0.2) is 19.3 Å². The van der Waals surface area contributed by atoms with E-state index in [-0.39, 0.29) is 0 Å². The molecule has 0 unspecified atom stereocenters. The third-order valence-corrected chi connectivity index (χ3v) is 2.66. The molecule has 2 aromatic rings. The van der Waals surface area contributed by atoms with Crippen LogP contribution in [0.4, 0.5) is 11.8 Å². The first-order valence-corrected chi connectivity index (χ1v) is 6.42. The lowest BCUT2D eigenvalue weighted by atomic mass is 10.2. The minimum Gasteiger partial charge on any atom is -0.317 e. The zero-order chi connectivity index (χ0) is 13.1. The van der Waals surface area contributed by atoms with Gasteiger partial charge in [-0.25, -0.2) is 4.98 Å². The molecule has 2 heterocycles. The van der Waals surface area contributed by atoms with E-state index in [9.17, 15) is 0 Å². The van der Waals surface area contributed by atoms with Gasteiger partial charge >= 0.3 is 0 Å². The highest BCUT2D eigenvalue weighted by Gasteiger charge is 2.08. The van der Waals surface area contributed by atoms with Crippen LogP contribution in [0.2, 0.25) is 0 Å². The standard InChI is InChI=1S/C13H21N5/c1-5-18-7-6-12(16-18)15-13-14-11(4)9-17(13)8-10(2)3/h6-7,9-10H,5,8H2,1-4H3,(H,14,15,16). The van der Waals surface area contributed by atoms with E-state index in [4.69, 9.17) is 0 Å². The Kier molecular flexibility index (Phi) is 3.69. The van der Waals surface area contributed by atoms with Gasteiger partial charge in [-0.05, 0) is 19.8 Å². The van der Waals surface area contributed by atoms with Crippen molar-refractivity contribution in [2.24, 2.45) is 5.92 Å². The number of rotatable bonds is 5. The summed E-state index contributed by atoms with van der Waals surface area (Å²) in [4.78, 5) is 4.50. The molecule has 0 spiro atoms. The maximum atomic E-state index is 4.50. The molecule has 0 amide bonds. The zero-order valence-corrected chi connectivity index (χ0v) is 11.5. The van der Waals surface area contributed by atoms with Crippen LogP contribution in [0.1, 0.15) is 26.5 Å². The van der Waals surface area contributed by atoms with Crippen molar-refractivity contribution in [2.45, 2.75) is 40.8 Å². The van der Waals surface area contributed by atoms with Gasteiger partial charge < -0.3 is 9.88 Å². The summed E-state index contributed by atoms with van der Waals surface area (Å²) in [6, 6.07) is 1.97. The summed E-state index contributed by atoms with van der Waals surface area (Å²) in [5, 5.41) is 7.68. The van der Waals surface area contributed by atoms with Crippen LogP contribution in [0.3, 0.4) is 0 Å². The van der Waals surface area contributed by atoms with Gasteiger partial charge in [-0.1, -0.05) is 13.8 Å². The highest BCUT2D eigenvalue weighted by molar-refractivity contribution is 5.47. The molecule has 98 valence electrons. The fourth-order valence-electron chi connectivity index (χ4n) is 1.90. The largest absolute Gasteiger partial charge is 0.317 e. The Hall–Kier alpha value is -1.78. The monoisotopic (exact) mass is 247 g/mol. The molecular formula is C13H21N5. The summed E-state index contributed by atoms with van der Waals surface area (Å²) in [6.45, 7) is 10.3. The molecular weight excluding hydrogens is 226 g/mol.